The van der Waals surface area contributed by atoms with E-state index in [0.717, 1.165) is 0 Å². The van der Waals surface area contributed by atoms with E-state index >= 15 is 0 Å². The quantitative estimate of drug-likeness (QED) is 0.243. The minimum atomic E-state index is -5.89. The van der Waals surface area contributed by atoms with Crippen molar-refractivity contribution in [3.63, 3.8) is 0 Å². The second-order valence-corrected chi connectivity index (χ2v) is 7.32. The van der Waals surface area contributed by atoms with Crippen LogP contribution in [-0.2, 0) is 23.8 Å². The Labute approximate surface area is 154 Å². The van der Waals surface area contributed by atoms with Gasteiger partial charge in [0.15, 0.2) is 11.7 Å². The van der Waals surface area contributed by atoms with Crippen LogP contribution in [0.15, 0.2) is 12.2 Å². The summed E-state index contributed by atoms with van der Waals surface area (Å²) in [5.41, 5.74) is -1.99. The first kappa shape index (κ1) is 20.9. The van der Waals surface area contributed by atoms with Crippen LogP contribution in [0.4, 0.5) is 26.3 Å². The second-order valence-electron chi connectivity index (χ2n) is 7.32. The van der Waals surface area contributed by atoms with Crippen LogP contribution in [0.2, 0.25) is 0 Å². The second kappa shape index (κ2) is 6.34. The van der Waals surface area contributed by atoms with E-state index in [4.69, 9.17) is 9.47 Å². The molecule has 1 saturated heterocycles. The lowest BCUT2D eigenvalue weighted by Crippen LogP contribution is -2.51. The lowest BCUT2D eigenvalue weighted by Gasteiger charge is -2.33. The van der Waals surface area contributed by atoms with Gasteiger partial charge >= 0.3 is 24.3 Å². The van der Waals surface area contributed by atoms with Gasteiger partial charge in [-0.2, -0.15) is 26.3 Å². The summed E-state index contributed by atoms with van der Waals surface area (Å²) in [6.07, 6.45) is -19.7. The van der Waals surface area contributed by atoms with E-state index in [1.165, 1.54) is 6.92 Å². The smallest absolute Gasteiger partial charge is 0.434 e. The number of ether oxygens (including phenoxy) is 3. The molecule has 3 aliphatic rings. The van der Waals surface area contributed by atoms with Crippen molar-refractivity contribution in [1.82, 2.24) is 0 Å². The van der Waals surface area contributed by atoms with Gasteiger partial charge in [0.1, 0.15) is 12.2 Å². The molecule has 0 aromatic rings. The summed E-state index contributed by atoms with van der Waals surface area (Å²) in [7, 11) is 0. The Morgan fingerprint density at radius 1 is 1.29 bits per heavy atom. The maximum atomic E-state index is 12.7. The maximum Gasteiger partial charge on any atom is 0.434 e. The molecule has 1 heterocycles. The first-order chi connectivity index (χ1) is 12.7. The van der Waals surface area contributed by atoms with Gasteiger partial charge < -0.3 is 19.3 Å². The van der Waals surface area contributed by atoms with Crippen LogP contribution in [0.5, 0.6) is 0 Å². The number of carbonyl (C=O) groups excluding carboxylic acids is 2. The van der Waals surface area contributed by atoms with E-state index in [-0.39, 0.29) is 18.4 Å². The van der Waals surface area contributed by atoms with E-state index in [2.05, 4.69) is 11.3 Å². The number of fused-ring (bicyclic) bond motifs is 1. The van der Waals surface area contributed by atoms with Crippen LogP contribution < -0.4 is 0 Å². The van der Waals surface area contributed by atoms with Gasteiger partial charge in [0.2, 0.25) is 0 Å². The SMILES string of the molecule is C=C(C)C(O)OC1C2CC3C1OC(=O)C3(C(=O)OC(C(F)(F)F)C(F)(F)F)C2. The monoisotopic (exact) mass is 418 g/mol. The molecule has 0 radical (unpaired) electrons. The molecular weight excluding hydrogens is 402 g/mol. The Morgan fingerprint density at radius 3 is 2.36 bits per heavy atom. The van der Waals surface area contributed by atoms with Gasteiger partial charge in [0.25, 0.3) is 6.10 Å². The van der Waals surface area contributed by atoms with Crippen LogP contribution >= 0.6 is 0 Å². The number of rotatable bonds is 5. The van der Waals surface area contributed by atoms with Gasteiger partial charge in [-0.1, -0.05) is 6.58 Å². The molecule has 2 aliphatic carbocycles. The van der Waals surface area contributed by atoms with Crippen LogP contribution in [0.1, 0.15) is 19.8 Å². The number of carbonyl (C=O) groups is 2. The third-order valence-corrected chi connectivity index (χ3v) is 5.46. The van der Waals surface area contributed by atoms with Crippen LogP contribution in [0.3, 0.4) is 0 Å². The molecule has 0 amide bonds. The Kier molecular flexibility index (Phi) is 4.73. The molecular formula is C16H16F6O6. The van der Waals surface area contributed by atoms with Crippen molar-refractivity contribution in [3.05, 3.63) is 12.2 Å². The predicted molar refractivity (Wildman–Crippen MR) is 76.2 cm³/mol. The molecule has 2 bridgehead atoms. The highest BCUT2D eigenvalue weighted by Crippen LogP contribution is 2.63. The fraction of sp³-hybridized carbons (Fsp3) is 0.750. The Balaban J connectivity index is 1.82. The molecule has 0 spiro atoms. The zero-order chi connectivity index (χ0) is 21.2. The zero-order valence-electron chi connectivity index (χ0n) is 14.3. The van der Waals surface area contributed by atoms with Gasteiger partial charge in [-0.05, 0) is 31.3 Å². The summed E-state index contributed by atoms with van der Waals surface area (Å²) in [5, 5.41) is 9.78. The first-order valence-corrected chi connectivity index (χ1v) is 8.24. The van der Waals surface area contributed by atoms with Crippen molar-refractivity contribution in [2.75, 3.05) is 0 Å². The minimum Gasteiger partial charge on any atom is -0.458 e. The molecule has 6 unspecified atom stereocenters. The summed E-state index contributed by atoms with van der Waals surface area (Å²) >= 11 is 0. The van der Waals surface area contributed by atoms with Gasteiger partial charge in [0, 0.05) is 5.92 Å². The normalized spacial score (nSPS) is 35.2. The van der Waals surface area contributed by atoms with Gasteiger partial charge in [-0.3, -0.25) is 9.59 Å². The fourth-order valence-electron chi connectivity index (χ4n) is 4.25. The Morgan fingerprint density at radius 2 is 1.86 bits per heavy atom. The minimum absolute atomic E-state index is 0.0990. The number of hydrogen-bond donors (Lipinski definition) is 1. The summed E-state index contributed by atoms with van der Waals surface area (Å²) in [4.78, 5) is 24.6. The van der Waals surface area contributed by atoms with Crippen molar-refractivity contribution < 1.29 is 55.2 Å². The number of alkyl halides is 6. The molecule has 0 aromatic carbocycles. The van der Waals surface area contributed by atoms with Crippen molar-refractivity contribution in [2.24, 2.45) is 17.3 Å². The van der Waals surface area contributed by atoms with E-state index in [1.807, 2.05) is 0 Å². The topological polar surface area (TPSA) is 82.1 Å². The average molecular weight is 418 g/mol. The van der Waals surface area contributed by atoms with E-state index < -0.39 is 66.1 Å². The third-order valence-electron chi connectivity index (χ3n) is 5.46. The lowest BCUT2D eigenvalue weighted by atomic mass is 9.73. The molecule has 2 saturated carbocycles. The van der Waals surface area contributed by atoms with Crippen molar-refractivity contribution in [1.29, 1.82) is 0 Å². The predicted octanol–water partition coefficient (Wildman–Crippen LogP) is 2.25. The van der Waals surface area contributed by atoms with Gasteiger partial charge in [0.05, 0.1) is 0 Å². The summed E-state index contributed by atoms with van der Waals surface area (Å²) in [6, 6.07) is 0. The Bertz CT molecular complexity index is 689. The van der Waals surface area contributed by atoms with Crippen LogP contribution in [0, 0.1) is 17.3 Å². The zero-order valence-corrected chi connectivity index (χ0v) is 14.3. The standard InChI is InChI=1S/C16H16F6O6/c1-5(2)10(23)26-8-6-3-7-9(8)27-12(24)14(7,4-6)13(25)28-11(15(17,18)19)16(20,21)22/h6-11,23H,1,3-4H2,2H3. The highest BCUT2D eigenvalue weighted by Gasteiger charge is 2.76. The van der Waals surface area contributed by atoms with E-state index in [0.29, 0.717) is 0 Å². The highest BCUT2D eigenvalue weighted by atomic mass is 19.4. The van der Waals surface area contributed by atoms with Gasteiger partial charge in [-0.25, -0.2) is 0 Å². The third kappa shape index (κ3) is 3.06. The van der Waals surface area contributed by atoms with Crippen molar-refractivity contribution in [2.45, 2.75) is 56.7 Å². The molecule has 1 N–H and O–H groups in total. The number of halogens is 6. The molecule has 6 nitrogen and oxygen atoms in total. The first-order valence-electron chi connectivity index (χ1n) is 8.24. The molecule has 3 fully saturated rings. The molecule has 6 atom stereocenters. The number of aliphatic hydroxyl groups is 1. The van der Waals surface area contributed by atoms with E-state index in [1.54, 1.807) is 0 Å². The molecule has 3 rings (SSSR count). The summed E-state index contributed by atoms with van der Waals surface area (Å²) in [5.74, 6) is -4.74. The largest absolute Gasteiger partial charge is 0.458 e. The fourth-order valence-corrected chi connectivity index (χ4v) is 4.25. The van der Waals surface area contributed by atoms with E-state index in [9.17, 15) is 41.0 Å². The molecule has 12 heteroatoms. The number of hydrogen-bond acceptors (Lipinski definition) is 6. The molecule has 28 heavy (non-hydrogen) atoms. The maximum absolute atomic E-state index is 12.7. The van der Waals surface area contributed by atoms with Crippen LogP contribution in [0.25, 0.3) is 0 Å². The molecule has 1 aliphatic heterocycles. The summed E-state index contributed by atoms with van der Waals surface area (Å²) in [6.45, 7) is 4.95. The lowest BCUT2D eigenvalue weighted by molar-refractivity contribution is -0.315. The highest BCUT2D eigenvalue weighted by molar-refractivity contribution is 6.03. The molecule has 0 aromatic heterocycles. The van der Waals surface area contributed by atoms with Crippen molar-refractivity contribution >= 4 is 11.9 Å². The van der Waals surface area contributed by atoms with Crippen molar-refractivity contribution in [3.8, 4) is 0 Å². The average Bonchev–Trinajstić information content (AvgIpc) is 3.12. The van der Waals surface area contributed by atoms with Crippen LogP contribution in [-0.4, -0.2) is 54.0 Å². The van der Waals surface area contributed by atoms with Gasteiger partial charge in [-0.15, -0.1) is 0 Å². The number of aliphatic hydroxyl groups excluding tert-OH is 1. The number of esters is 2. The summed E-state index contributed by atoms with van der Waals surface area (Å²) < 4.78 is 90.4. The Hall–Kier alpha value is -1.82. The molecule has 158 valence electrons.